The minimum Gasteiger partial charge on any atom is -0.437 e. The van der Waals surface area contributed by atoms with Crippen molar-refractivity contribution in [3.63, 3.8) is 0 Å². The second-order valence-corrected chi connectivity index (χ2v) is 5.74. The van der Waals surface area contributed by atoms with Gasteiger partial charge in [0.2, 0.25) is 5.88 Å². The van der Waals surface area contributed by atoms with Crippen LogP contribution in [0.2, 0.25) is 5.02 Å². The second kappa shape index (κ2) is 7.07. The number of hydrogen-bond acceptors (Lipinski definition) is 3. The van der Waals surface area contributed by atoms with Crippen LogP contribution in [0.3, 0.4) is 0 Å². The number of ether oxygens (including phenoxy) is 1. The van der Waals surface area contributed by atoms with Gasteiger partial charge in [0.05, 0.1) is 5.02 Å². The van der Waals surface area contributed by atoms with Crippen LogP contribution >= 0.6 is 27.5 Å². The van der Waals surface area contributed by atoms with E-state index in [0.717, 1.165) is 28.8 Å². The van der Waals surface area contributed by atoms with Gasteiger partial charge in [-0.1, -0.05) is 34.5 Å². The van der Waals surface area contributed by atoms with Crippen LogP contribution in [0.5, 0.6) is 11.6 Å². The van der Waals surface area contributed by atoms with Gasteiger partial charge in [0.15, 0.2) is 0 Å². The Morgan fingerprint density at radius 1 is 1.30 bits per heavy atom. The highest BCUT2D eigenvalue weighted by molar-refractivity contribution is 9.10. The molecule has 0 bridgehead atoms. The van der Waals surface area contributed by atoms with Gasteiger partial charge < -0.3 is 10.1 Å². The van der Waals surface area contributed by atoms with Gasteiger partial charge in [-0.05, 0) is 43.3 Å². The van der Waals surface area contributed by atoms with Crippen molar-refractivity contribution in [1.29, 1.82) is 0 Å². The summed E-state index contributed by atoms with van der Waals surface area (Å²) < 4.78 is 6.70. The summed E-state index contributed by atoms with van der Waals surface area (Å²) in [6.07, 6.45) is 0. The summed E-state index contributed by atoms with van der Waals surface area (Å²) in [7, 11) is 0. The molecule has 1 N–H and O–H groups in total. The highest BCUT2D eigenvalue weighted by atomic mass is 79.9. The fourth-order valence-electron chi connectivity index (χ4n) is 1.80. The summed E-state index contributed by atoms with van der Waals surface area (Å²) in [6, 6.07) is 9.45. The van der Waals surface area contributed by atoms with Crippen LogP contribution < -0.4 is 10.1 Å². The molecule has 0 saturated heterocycles. The zero-order chi connectivity index (χ0) is 14.5. The van der Waals surface area contributed by atoms with E-state index >= 15 is 0 Å². The monoisotopic (exact) mass is 354 g/mol. The smallest absolute Gasteiger partial charge is 0.219 e. The molecule has 0 saturated carbocycles. The molecule has 2 aromatic rings. The standard InChI is InChI=1S/C15H16BrClN2O/c1-3-18-9-11-6-10(2)19-15(7-11)20-14-8-12(16)4-5-13(14)17/h4-8,18H,3,9H2,1-2H3. The lowest BCUT2D eigenvalue weighted by Gasteiger charge is -2.10. The first-order chi connectivity index (χ1) is 9.58. The topological polar surface area (TPSA) is 34.2 Å². The average Bonchev–Trinajstić information content (AvgIpc) is 2.40. The van der Waals surface area contributed by atoms with Crippen LogP contribution in [0.15, 0.2) is 34.8 Å². The lowest BCUT2D eigenvalue weighted by Crippen LogP contribution is -2.12. The minimum absolute atomic E-state index is 0.554. The van der Waals surface area contributed by atoms with Gasteiger partial charge in [-0.2, -0.15) is 0 Å². The molecule has 2 rings (SSSR count). The lowest BCUT2D eigenvalue weighted by molar-refractivity contribution is 0.460. The summed E-state index contributed by atoms with van der Waals surface area (Å²) in [5, 5.41) is 3.85. The molecule has 0 aliphatic rings. The maximum Gasteiger partial charge on any atom is 0.219 e. The number of aryl methyl sites for hydroxylation is 1. The number of benzene rings is 1. The summed E-state index contributed by atoms with van der Waals surface area (Å²) >= 11 is 9.53. The van der Waals surface area contributed by atoms with Crippen LogP contribution in [-0.2, 0) is 6.54 Å². The van der Waals surface area contributed by atoms with Gasteiger partial charge in [-0.25, -0.2) is 4.98 Å². The van der Waals surface area contributed by atoms with E-state index < -0.39 is 0 Å². The van der Waals surface area contributed by atoms with Crippen molar-refractivity contribution in [3.8, 4) is 11.6 Å². The summed E-state index contributed by atoms with van der Waals surface area (Å²) in [4.78, 5) is 4.38. The molecule has 0 aliphatic heterocycles. The number of hydrogen-bond donors (Lipinski definition) is 1. The lowest BCUT2D eigenvalue weighted by atomic mass is 10.2. The largest absolute Gasteiger partial charge is 0.437 e. The van der Waals surface area contributed by atoms with Gasteiger partial charge in [0, 0.05) is 22.8 Å². The number of rotatable bonds is 5. The van der Waals surface area contributed by atoms with Crippen molar-refractivity contribution < 1.29 is 4.74 Å². The molecule has 0 fully saturated rings. The first-order valence-electron chi connectivity index (χ1n) is 6.39. The summed E-state index contributed by atoms with van der Waals surface area (Å²) in [6.45, 7) is 5.75. The van der Waals surface area contributed by atoms with Crippen molar-refractivity contribution in [2.45, 2.75) is 20.4 Å². The van der Waals surface area contributed by atoms with E-state index in [-0.39, 0.29) is 0 Å². The minimum atomic E-state index is 0.554. The number of pyridine rings is 1. The predicted octanol–water partition coefficient (Wildman–Crippen LogP) is 4.71. The molecule has 0 radical (unpaired) electrons. The zero-order valence-electron chi connectivity index (χ0n) is 11.4. The highest BCUT2D eigenvalue weighted by Crippen LogP contribution is 2.31. The Labute approximate surface area is 132 Å². The van der Waals surface area contributed by atoms with Gasteiger partial charge in [-0.15, -0.1) is 0 Å². The van der Waals surface area contributed by atoms with Crippen molar-refractivity contribution in [1.82, 2.24) is 10.3 Å². The molecule has 106 valence electrons. The fraction of sp³-hybridized carbons (Fsp3) is 0.267. The number of halogens is 2. The molecule has 0 unspecified atom stereocenters. The summed E-state index contributed by atoms with van der Waals surface area (Å²) in [5.74, 6) is 1.14. The Balaban J connectivity index is 2.24. The van der Waals surface area contributed by atoms with Crippen molar-refractivity contribution >= 4 is 27.5 Å². The molecule has 1 aromatic carbocycles. The summed E-state index contributed by atoms with van der Waals surface area (Å²) in [5.41, 5.74) is 2.06. The van der Waals surface area contributed by atoms with Crippen molar-refractivity contribution in [2.24, 2.45) is 0 Å². The molecule has 0 atom stereocenters. The SMILES string of the molecule is CCNCc1cc(C)nc(Oc2cc(Br)ccc2Cl)c1. The third-order valence-electron chi connectivity index (χ3n) is 2.68. The molecular weight excluding hydrogens is 340 g/mol. The Morgan fingerprint density at radius 2 is 2.10 bits per heavy atom. The van der Waals surface area contributed by atoms with Crippen LogP contribution in [0.4, 0.5) is 0 Å². The molecule has 5 heteroatoms. The van der Waals surface area contributed by atoms with Crippen LogP contribution in [0, 0.1) is 6.92 Å². The molecular formula is C15H16BrClN2O. The molecule has 1 aromatic heterocycles. The zero-order valence-corrected chi connectivity index (χ0v) is 13.8. The fourth-order valence-corrected chi connectivity index (χ4v) is 2.29. The predicted molar refractivity (Wildman–Crippen MR) is 85.6 cm³/mol. The molecule has 1 heterocycles. The quantitative estimate of drug-likeness (QED) is 0.843. The van der Waals surface area contributed by atoms with Gasteiger partial charge in [0.1, 0.15) is 5.75 Å². The van der Waals surface area contributed by atoms with Gasteiger partial charge in [0.25, 0.3) is 0 Å². The maximum absolute atomic E-state index is 6.12. The maximum atomic E-state index is 6.12. The first kappa shape index (κ1) is 15.3. The van der Waals surface area contributed by atoms with E-state index in [2.05, 4.69) is 33.2 Å². The van der Waals surface area contributed by atoms with E-state index in [0.29, 0.717) is 16.7 Å². The Hall–Kier alpha value is -1.10. The number of nitrogens with zero attached hydrogens (tertiary/aromatic N) is 1. The van der Waals surface area contributed by atoms with E-state index in [1.54, 1.807) is 6.07 Å². The number of nitrogens with one attached hydrogen (secondary N) is 1. The average molecular weight is 356 g/mol. The molecule has 0 aliphatic carbocycles. The Kier molecular flexibility index (Phi) is 5.40. The molecule has 20 heavy (non-hydrogen) atoms. The highest BCUT2D eigenvalue weighted by Gasteiger charge is 2.07. The molecule has 0 spiro atoms. The van der Waals surface area contributed by atoms with E-state index in [4.69, 9.17) is 16.3 Å². The van der Waals surface area contributed by atoms with E-state index in [9.17, 15) is 0 Å². The van der Waals surface area contributed by atoms with Crippen LogP contribution in [-0.4, -0.2) is 11.5 Å². The Bertz CT molecular complexity index is 604. The first-order valence-corrected chi connectivity index (χ1v) is 7.56. The second-order valence-electron chi connectivity index (χ2n) is 4.41. The third-order valence-corrected chi connectivity index (χ3v) is 3.48. The van der Waals surface area contributed by atoms with Crippen molar-refractivity contribution in [2.75, 3.05) is 6.54 Å². The Morgan fingerprint density at radius 3 is 2.85 bits per heavy atom. The van der Waals surface area contributed by atoms with Crippen molar-refractivity contribution in [3.05, 3.63) is 51.1 Å². The van der Waals surface area contributed by atoms with Gasteiger partial charge >= 0.3 is 0 Å². The van der Waals surface area contributed by atoms with E-state index in [1.807, 2.05) is 31.2 Å². The van der Waals surface area contributed by atoms with Crippen LogP contribution in [0.25, 0.3) is 0 Å². The number of aromatic nitrogens is 1. The normalized spacial score (nSPS) is 10.6. The van der Waals surface area contributed by atoms with Crippen LogP contribution in [0.1, 0.15) is 18.2 Å². The molecule has 0 amide bonds. The molecule has 3 nitrogen and oxygen atoms in total. The third kappa shape index (κ3) is 4.20. The van der Waals surface area contributed by atoms with E-state index in [1.165, 1.54) is 0 Å². The van der Waals surface area contributed by atoms with Gasteiger partial charge in [-0.3, -0.25) is 0 Å².